The number of carbonyl (C=O) groups is 1. The number of hydrogen-bond donors (Lipinski definition) is 2. The molecule has 0 fully saturated rings. The normalized spacial score (nSPS) is 10.5. The number of nitrogens with zero attached hydrogens (tertiary/aromatic N) is 2. The molecule has 0 radical (unpaired) electrons. The van der Waals surface area contributed by atoms with Crippen molar-refractivity contribution >= 4 is 32.9 Å². The van der Waals surface area contributed by atoms with Gasteiger partial charge in [0.25, 0.3) is 0 Å². The van der Waals surface area contributed by atoms with E-state index < -0.39 is 5.97 Å². The quantitative estimate of drug-likeness (QED) is 0.792. The lowest BCUT2D eigenvalue weighted by Crippen LogP contribution is -2.03. The minimum atomic E-state index is -1.13. The monoisotopic (exact) mass is 241 g/mol. The Kier molecular flexibility index (Phi) is 1.77. The third-order valence-corrected chi connectivity index (χ3v) is 2.23. The van der Waals surface area contributed by atoms with Gasteiger partial charge in [0.1, 0.15) is 5.65 Å². The predicted octanol–water partition coefficient (Wildman–Crippen LogP) is 1.42. The van der Waals surface area contributed by atoms with E-state index >= 15 is 0 Å². The summed E-state index contributed by atoms with van der Waals surface area (Å²) in [6.45, 7) is 0. The van der Waals surface area contributed by atoms with Crippen LogP contribution < -0.4 is 0 Å². The second-order valence-corrected chi connectivity index (χ2v) is 3.25. The molecule has 66 valence electrons. The number of carboxylic acid groups (broad SMARTS) is 1. The molecule has 2 aromatic rings. The van der Waals surface area contributed by atoms with Crippen molar-refractivity contribution in [1.29, 1.82) is 0 Å². The largest absolute Gasteiger partial charge is 0.475 e. The van der Waals surface area contributed by atoms with E-state index in [1.165, 1.54) is 6.20 Å². The molecule has 2 heterocycles. The summed E-state index contributed by atoms with van der Waals surface area (Å²) in [7, 11) is 0. The van der Waals surface area contributed by atoms with Gasteiger partial charge in [-0.1, -0.05) is 0 Å². The summed E-state index contributed by atoms with van der Waals surface area (Å²) in [4.78, 5) is 20.8. The van der Waals surface area contributed by atoms with Crippen LogP contribution in [0.15, 0.2) is 16.9 Å². The highest BCUT2D eigenvalue weighted by Gasteiger charge is 2.09. The fourth-order valence-electron chi connectivity index (χ4n) is 0.979. The van der Waals surface area contributed by atoms with Crippen LogP contribution in [0.25, 0.3) is 11.0 Å². The van der Waals surface area contributed by atoms with Gasteiger partial charge in [0, 0.05) is 16.9 Å². The summed E-state index contributed by atoms with van der Waals surface area (Å²) < 4.78 is 0.819. The van der Waals surface area contributed by atoms with E-state index in [9.17, 15) is 4.79 Å². The first kappa shape index (κ1) is 8.18. The zero-order chi connectivity index (χ0) is 9.42. The van der Waals surface area contributed by atoms with E-state index in [1.807, 2.05) is 0 Å². The average molecular weight is 242 g/mol. The molecule has 0 aliphatic rings. The Morgan fingerprint density at radius 1 is 1.62 bits per heavy atom. The summed E-state index contributed by atoms with van der Waals surface area (Å²) in [6.07, 6.45) is 3.15. The molecule has 5 nitrogen and oxygen atoms in total. The van der Waals surface area contributed by atoms with Crippen molar-refractivity contribution in [3.8, 4) is 0 Å². The van der Waals surface area contributed by atoms with Crippen LogP contribution in [-0.2, 0) is 0 Å². The molecule has 2 aromatic heterocycles. The zero-order valence-corrected chi connectivity index (χ0v) is 7.87. The lowest BCUT2D eigenvalue weighted by atomic mass is 10.4. The Hall–Kier alpha value is -1.43. The molecule has 2 rings (SSSR count). The van der Waals surface area contributed by atoms with Crippen molar-refractivity contribution in [3.63, 3.8) is 0 Å². The lowest BCUT2D eigenvalue weighted by Gasteiger charge is -1.92. The van der Waals surface area contributed by atoms with Crippen molar-refractivity contribution in [2.45, 2.75) is 0 Å². The second-order valence-electron chi connectivity index (χ2n) is 2.40. The van der Waals surface area contributed by atoms with Crippen LogP contribution in [0.4, 0.5) is 0 Å². The molecule has 0 aliphatic heterocycles. The molecule has 0 saturated heterocycles. The number of halogens is 1. The third-order valence-electron chi connectivity index (χ3n) is 1.57. The summed E-state index contributed by atoms with van der Waals surface area (Å²) in [5.41, 5.74) is 0.513. The first-order valence-electron chi connectivity index (χ1n) is 3.41. The van der Waals surface area contributed by atoms with E-state index in [1.54, 1.807) is 6.20 Å². The van der Waals surface area contributed by atoms with Crippen molar-refractivity contribution in [2.75, 3.05) is 0 Å². The van der Waals surface area contributed by atoms with Crippen LogP contribution in [0.5, 0.6) is 0 Å². The molecule has 0 amide bonds. The summed E-state index contributed by atoms with van der Waals surface area (Å²) in [5.74, 6) is -1.34. The van der Waals surface area contributed by atoms with Gasteiger partial charge in [-0.2, -0.15) is 0 Å². The van der Waals surface area contributed by atoms with Crippen LogP contribution in [0.2, 0.25) is 0 Å². The maximum absolute atomic E-state index is 10.5. The van der Waals surface area contributed by atoms with Gasteiger partial charge in [0.15, 0.2) is 0 Å². The van der Waals surface area contributed by atoms with Gasteiger partial charge in [0.05, 0.1) is 5.39 Å². The van der Waals surface area contributed by atoms with Crippen molar-refractivity contribution in [3.05, 3.63) is 22.7 Å². The molecule has 0 atom stereocenters. The molecule has 0 bridgehead atoms. The van der Waals surface area contributed by atoms with Gasteiger partial charge in [0.2, 0.25) is 5.82 Å². The minimum Gasteiger partial charge on any atom is -0.475 e. The van der Waals surface area contributed by atoms with Gasteiger partial charge >= 0.3 is 5.97 Å². The lowest BCUT2D eigenvalue weighted by molar-refractivity contribution is 0.0684. The number of fused-ring (bicyclic) bond motifs is 1. The summed E-state index contributed by atoms with van der Waals surface area (Å²) in [5, 5.41) is 9.37. The van der Waals surface area contributed by atoms with Gasteiger partial charge in [-0.25, -0.2) is 14.8 Å². The maximum atomic E-state index is 10.5. The van der Waals surface area contributed by atoms with Gasteiger partial charge in [-0.15, -0.1) is 0 Å². The SMILES string of the molecule is O=C(O)c1ncc2c(Br)c[nH]c2n1. The summed E-state index contributed by atoms with van der Waals surface area (Å²) >= 11 is 3.27. The Morgan fingerprint density at radius 2 is 2.38 bits per heavy atom. The fraction of sp³-hybridized carbons (Fsp3) is 0. The minimum absolute atomic E-state index is 0.207. The fourth-order valence-corrected chi connectivity index (χ4v) is 1.38. The highest BCUT2D eigenvalue weighted by molar-refractivity contribution is 9.10. The van der Waals surface area contributed by atoms with Crippen LogP contribution in [0, 0.1) is 0 Å². The number of nitrogens with one attached hydrogen (secondary N) is 1. The van der Waals surface area contributed by atoms with Gasteiger partial charge in [-0.05, 0) is 15.9 Å². The number of carboxylic acids is 1. The first-order valence-corrected chi connectivity index (χ1v) is 4.20. The third kappa shape index (κ3) is 1.29. The first-order chi connectivity index (χ1) is 6.18. The molecule has 0 aromatic carbocycles. The van der Waals surface area contributed by atoms with Crippen LogP contribution in [-0.4, -0.2) is 26.0 Å². The molecule has 6 heteroatoms. The van der Waals surface area contributed by atoms with E-state index in [0.29, 0.717) is 5.65 Å². The Balaban J connectivity index is 2.70. The van der Waals surface area contributed by atoms with Crippen LogP contribution in [0.3, 0.4) is 0 Å². The van der Waals surface area contributed by atoms with E-state index in [-0.39, 0.29) is 5.82 Å². The summed E-state index contributed by atoms with van der Waals surface area (Å²) in [6, 6.07) is 0. The second kappa shape index (κ2) is 2.81. The van der Waals surface area contributed by atoms with Gasteiger partial charge < -0.3 is 10.1 Å². The molecule has 2 N–H and O–H groups in total. The van der Waals surface area contributed by atoms with Crippen LogP contribution in [0.1, 0.15) is 10.6 Å². The molecule has 0 saturated carbocycles. The zero-order valence-electron chi connectivity index (χ0n) is 6.28. The Bertz CT molecular complexity index is 480. The van der Waals surface area contributed by atoms with Crippen molar-refractivity contribution in [1.82, 2.24) is 15.0 Å². The van der Waals surface area contributed by atoms with Crippen LogP contribution >= 0.6 is 15.9 Å². The maximum Gasteiger partial charge on any atom is 0.374 e. The molecular formula is C7H4BrN3O2. The Morgan fingerprint density at radius 3 is 3.08 bits per heavy atom. The highest BCUT2D eigenvalue weighted by atomic mass is 79.9. The number of hydrogen-bond acceptors (Lipinski definition) is 3. The number of H-pyrrole nitrogens is 1. The highest BCUT2D eigenvalue weighted by Crippen LogP contribution is 2.20. The van der Waals surface area contributed by atoms with E-state index in [0.717, 1.165) is 9.86 Å². The molecule has 0 unspecified atom stereocenters. The number of aromatic nitrogens is 3. The van der Waals surface area contributed by atoms with Crippen molar-refractivity contribution in [2.24, 2.45) is 0 Å². The van der Waals surface area contributed by atoms with E-state index in [4.69, 9.17) is 5.11 Å². The van der Waals surface area contributed by atoms with Crippen molar-refractivity contribution < 1.29 is 9.90 Å². The van der Waals surface area contributed by atoms with Gasteiger partial charge in [-0.3, -0.25) is 0 Å². The Labute approximate surface area is 80.9 Å². The smallest absolute Gasteiger partial charge is 0.374 e. The molecule has 0 aliphatic carbocycles. The average Bonchev–Trinajstić information content (AvgIpc) is 2.47. The molecule has 0 spiro atoms. The number of aromatic carboxylic acids is 1. The van der Waals surface area contributed by atoms with E-state index in [2.05, 4.69) is 30.9 Å². The molecule has 13 heavy (non-hydrogen) atoms. The standard InChI is InChI=1S/C7H4BrN3O2/c8-4-2-10-5-3(4)1-9-6(11-5)7(12)13/h1-2H,(H,12,13)(H,9,10,11). The molecular weight excluding hydrogens is 238 g/mol. The number of aromatic amines is 1. The number of rotatable bonds is 1. The predicted molar refractivity (Wildman–Crippen MR) is 48.5 cm³/mol. The topological polar surface area (TPSA) is 78.9 Å².